The fourth-order valence-electron chi connectivity index (χ4n) is 2.96. The molecule has 0 saturated carbocycles. The first kappa shape index (κ1) is 15.4. The fraction of sp³-hybridized carbons (Fsp3) is 0.412. The van der Waals surface area contributed by atoms with Crippen LogP contribution in [0.2, 0.25) is 0 Å². The van der Waals surface area contributed by atoms with Gasteiger partial charge in [-0.1, -0.05) is 0 Å². The van der Waals surface area contributed by atoms with Crippen LogP contribution in [-0.4, -0.2) is 41.4 Å². The first-order chi connectivity index (χ1) is 11.1. The summed E-state index contributed by atoms with van der Waals surface area (Å²) < 4.78 is 12.4. The maximum Gasteiger partial charge on any atom is 0.247 e. The van der Waals surface area contributed by atoms with Gasteiger partial charge < -0.3 is 14.4 Å². The lowest BCUT2D eigenvalue weighted by molar-refractivity contribution is -0.135. The Balaban J connectivity index is 1.81. The molecule has 6 nitrogen and oxygen atoms in total. The van der Waals surface area contributed by atoms with Crippen molar-refractivity contribution in [3.8, 4) is 11.5 Å². The molecule has 2 aromatic rings. The summed E-state index contributed by atoms with van der Waals surface area (Å²) in [5, 5.41) is 4.16. The van der Waals surface area contributed by atoms with Gasteiger partial charge in [0.1, 0.15) is 6.04 Å². The van der Waals surface area contributed by atoms with Crippen molar-refractivity contribution in [2.75, 3.05) is 20.8 Å². The molecule has 23 heavy (non-hydrogen) atoms. The average molecular weight is 315 g/mol. The molecule has 1 aromatic carbocycles. The molecule has 0 radical (unpaired) electrons. The molecule has 0 bridgehead atoms. The van der Waals surface area contributed by atoms with Gasteiger partial charge in [-0.25, -0.2) is 0 Å². The summed E-state index contributed by atoms with van der Waals surface area (Å²) in [4.78, 5) is 14.6. The average Bonchev–Trinajstić information content (AvgIpc) is 3.13. The number of nitrogens with zero attached hydrogens (tertiary/aromatic N) is 3. The molecule has 0 spiro atoms. The van der Waals surface area contributed by atoms with Gasteiger partial charge in [0.2, 0.25) is 5.91 Å². The van der Waals surface area contributed by atoms with Gasteiger partial charge in [-0.2, -0.15) is 5.10 Å². The smallest absolute Gasteiger partial charge is 0.247 e. The van der Waals surface area contributed by atoms with E-state index in [1.165, 1.54) is 5.56 Å². The van der Waals surface area contributed by atoms with Crippen LogP contribution < -0.4 is 9.47 Å². The summed E-state index contributed by atoms with van der Waals surface area (Å²) in [5.41, 5.74) is 2.31. The second kappa shape index (κ2) is 6.32. The van der Waals surface area contributed by atoms with Crippen LogP contribution in [0.15, 0.2) is 30.6 Å². The third-order valence-electron chi connectivity index (χ3n) is 4.31. The molecule has 1 aliphatic heterocycles. The number of aromatic nitrogens is 2. The lowest BCUT2D eigenvalue weighted by Crippen LogP contribution is -2.39. The molecular formula is C17H21N3O3. The third kappa shape index (κ3) is 2.88. The van der Waals surface area contributed by atoms with E-state index in [1.54, 1.807) is 25.1 Å². The van der Waals surface area contributed by atoms with Gasteiger partial charge in [-0.15, -0.1) is 0 Å². The Hall–Kier alpha value is -2.50. The predicted octanol–water partition coefficient (Wildman–Crippen LogP) is 2.05. The molecule has 1 aliphatic rings. The quantitative estimate of drug-likeness (QED) is 0.866. The largest absolute Gasteiger partial charge is 0.493 e. The van der Waals surface area contributed by atoms with Crippen LogP contribution in [0.1, 0.15) is 24.1 Å². The van der Waals surface area contributed by atoms with E-state index in [0.29, 0.717) is 18.8 Å². The minimum absolute atomic E-state index is 0.0779. The van der Waals surface area contributed by atoms with E-state index in [0.717, 1.165) is 17.7 Å². The first-order valence-corrected chi connectivity index (χ1v) is 7.65. The van der Waals surface area contributed by atoms with Crippen molar-refractivity contribution in [1.29, 1.82) is 0 Å². The molecule has 3 rings (SSSR count). The van der Waals surface area contributed by atoms with Crippen molar-refractivity contribution in [2.24, 2.45) is 0 Å². The predicted molar refractivity (Wildman–Crippen MR) is 85.6 cm³/mol. The number of hydrogen-bond acceptors (Lipinski definition) is 4. The Kier molecular flexibility index (Phi) is 4.23. The number of carbonyl (C=O) groups is 1. The normalized spacial score (nSPS) is 15.0. The van der Waals surface area contributed by atoms with Crippen molar-refractivity contribution < 1.29 is 14.3 Å². The maximum atomic E-state index is 12.7. The minimum Gasteiger partial charge on any atom is -0.493 e. The number of carbonyl (C=O) groups excluding carboxylic acids is 1. The molecule has 0 unspecified atom stereocenters. The Morgan fingerprint density at radius 1 is 1.22 bits per heavy atom. The number of rotatable bonds is 4. The Bertz CT molecular complexity index is 697. The number of fused-ring (bicyclic) bond motifs is 1. The van der Waals surface area contributed by atoms with Crippen LogP contribution in [0.25, 0.3) is 0 Å². The van der Waals surface area contributed by atoms with Gasteiger partial charge in [0, 0.05) is 25.5 Å². The first-order valence-electron chi connectivity index (χ1n) is 7.65. The summed E-state index contributed by atoms with van der Waals surface area (Å²) in [7, 11) is 3.25. The van der Waals surface area contributed by atoms with Crippen molar-refractivity contribution in [1.82, 2.24) is 14.7 Å². The molecule has 0 aliphatic carbocycles. The van der Waals surface area contributed by atoms with Crippen molar-refractivity contribution in [3.05, 3.63) is 41.7 Å². The van der Waals surface area contributed by atoms with Gasteiger partial charge >= 0.3 is 0 Å². The second-order valence-corrected chi connectivity index (χ2v) is 5.65. The zero-order valence-electron chi connectivity index (χ0n) is 13.7. The van der Waals surface area contributed by atoms with Gasteiger partial charge in [-0.05, 0) is 42.7 Å². The van der Waals surface area contributed by atoms with Crippen molar-refractivity contribution >= 4 is 5.91 Å². The molecule has 1 atom stereocenters. The van der Waals surface area contributed by atoms with Crippen LogP contribution in [0, 0.1) is 0 Å². The number of benzene rings is 1. The Labute approximate surface area is 135 Å². The fourth-order valence-corrected chi connectivity index (χ4v) is 2.96. The highest BCUT2D eigenvalue weighted by atomic mass is 16.5. The molecular weight excluding hydrogens is 294 g/mol. The van der Waals surface area contributed by atoms with E-state index >= 15 is 0 Å². The zero-order valence-corrected chi connectivity index (χ0v) is 13.7. The zero-order chi connectivity index (χ0) is 16.4. The third-order valence-corrected chi connectivity index (χ3v) is 4.31. The van der Waals surface area contributed by atoms with Gasteiger partial charge in [0.05, 0.1) is 14.2 Å². The standard InChI is InChI=1S/C17H21N3O3/c1-12(20-7-4-6-18-20)17(21)19-8-5-13-9-15(22-2)16(23-3)10-14(13)11-19/h4,6-7,9-10,12H,5,8,11H2,1-3H3/t12-/m1/s1. The number of methoxy groups -OCH3 is 2. The van der Waals surface area contributed by atoms with E-state index < -0.39 is 0 Å². The van der Waals surface area contributed by atoms with E-state index in [-0.39, 0.29) is 11.9 Å². The molecule has 1 amide bonds. The Morgan fingerprint density at radius 2 is 1.91 bits per heavy atom. The topological polar surface area (TPSA) is 56.6 Å². The van der Waals surface area contributed by atoms with Crippen molar-refractivity contribution in [3.63, 3.8) is 0 Å². The maximum absolute atomic E-state index is 12.7. The van der Waals surface area contributed by atoms with E-state index in [9.17, 15) is 4.79 Å². The van der Waals surface area contributed by atoms with Gasteiger partial charge in [0.25, 0.3) is 0 Å². The Morgan fingerprint density at radius 3 is 2.52 bits per heavy atom. The summed E-state index contributed by atoms with van der Waals surface area (Å²) in [6.07, 6.45) is 4.31. The van der Waals surface area contributed by atoms with Crippen LogP contribution >= 0.6 is 0 Å². The number of hydrogen-bond donors (Lipinski definition) is 0. The lowest BCUT2D eigenvalue weighted by Gasteiger charge is -2.31. The van der Waals surface area contributed by atoms with Gasteiger partial charge in [-0.3, -0.25) is 9.48 Å². The van der Waals surface area contributed by atoms with Crippen LogP contribution in [-0.2, 0) is 17.8 Å². The van der Waals surface area contributed by atoms with Crippen LogP contribution in [0.3, 0.4) is 0 Å². The molecule has 0 N–H and O–H groups in total. The summed E-state index contributed by atoms with van der Waals surface area (Å²) in [5.74, 6) is 1.51. The van der Waals surface area contributed by atoms with E-state index in [1.807, 2.05) is 36.2 Å². The van der Waals surface area contributed by atoms with E-state index in [4.69, 9.17) is 9.47 Å². The summed E-state index contributed by atoms with van der Waals surface area (Å²) in [6, 6.07) is 5.50. The molecule has 1 aromatic heterocycles. The summed E-state index contributed by atoms with van der Waals surface area (Å²) >= 11 is 0. The highest BCUT2D eigenvalue weighted by Gasteiger charge is 2.26. The SMILES string of the molecule is COc1cc2c(cc1OC)CN(C(=O)[C@@H](C)n1cccn1)CC2. The lowest BCUT2D eigenvalue weighted by atomic mass is 9.98. The molecule has 122 valence electrons. The molecule has 0 fully saturated rings. The van der Waals surface area contributed by atoms with Crippen molar-refractivity contribution in [2.45, 2.75) is 25.9 Å². The minimum atomic E-state index is -0.299. The van der Waals surface area contributed by atoms with Crippen LogP contribution in [0.5, 0.6) is 11.5 Å². The highest BCUT2D eigenvalue weighted by molar-refractivity contribution is 5.80. The molecule has 6 heteroatoms. The highest BCUT2D eigenvalue weighted by Crippen LogP contribution is 2.33. The van der Waals surface area contributed by atoms with Gasteiger partial charge in [0.15, 0.2) is 11.5 Å². The monoisotopic (exact) mass is 315 g/mol. The number of ether oxygens (including phenoxy) is 2. The van der Waals surface area contributed by atoms with E-state index in [2.05, 4.69) is 5.10 Å². The molecule has 0 saturated heterocycles. The summed E-state index contributed by atoms with van der Waals surface area (Å²) in [6.45, 7) is 3.16. The number of amides is 1. The van der Waals surface area contributed by atoms with Crippen LogP contribution in [0.4, 0.5) is 0 Å². The molecule has 2 heterocycles. The second-order valence-electron chi connectivity index (χ2n) is 5.65.